The summed E-state index contributed by atoms with van der Waals surface area (Å²) in [5.41, 5.74) is 7.44. The summed E-state index contributed by atoms with van der Waals surface area (Å²) in [5.74, 6) is -0.209. The summed E-state index contributed by atoms with van der Waals surface area (Å²) in [4.78, 5) is 0. The van der Waals surface area contributed by atoms with Crippen LogP contribution >= 0.6 is 23.2 Å². The summed E-state index contributed by atoms with van der Waals surface area (Å²) in [6.45, 7) is 0. The van der Waals surface area contributed by atoms with Crippen LogP contribution in [0.3, 0.4) is 0 Å². The molecule has 1 aromatic rings. The Morgan fingerprint density at radius 3 is 2.47 bits per heavy atom. The average Bonchev–Trinajstić information content (AvgIpc) is 2.16. The van der Waals surface area contributed by atoms with Crippen LogP contribution in [-0.4, -0.2) is 17.4 Å². The molecule has 4 N–H and O–H groups in total. The van der Waals surface area contributed by atoms with E-state index < -0.39 is 0 Å². The molecule has 0 spiro atoms. The van der Waals surface area contributed by atoms with Crippen LogP contribution in [0.5, 0.6) is 0 Å². The maximum Gasteiger partial charge on any atom is 0.237 e. The average molecular weight is 247 g/mol. The predicted octanol–water partition coefficient (Wildman–Crippen LogP) is 1.62. The smallest absolute Gasteiger partial charge is 0.237 e. The minimum Gasteiger partial charge on any atom is -0.367 e. The highest BCUT2D eigenvalue weighted by Gasteiger charge is 1.95. The fourth-order valence-corrected chi connectivity index (χ4v) is 1.37. The molecule has 0 aliphatic rings. The SMILES string of the molecule is NC(=NN=Cc1cc(Cl)cc(Cl)c1)NO. The molecule has 0 amide bonds. The number of halogens is 2. The fourth-order valence-electron chi connectivity index (χ4n) is 0.830. The summed E-state index contributed by atoms with van der Waals surface area (Å²) < 4.78 is 0. The second-order valence-corrected chi connectivity index (χ2v) is 3.42. The Kier molecular flexibility index (Phi) is 4.36. The molecule has 0 atom stereocenters. The number of nitrogens with one attached hydrogen (secondary N) is 1. The topological polar surface area (TPSA) is 83.0 Å². The van der Waals surface area contributed by atoms with E-state index in [4.69, 9.17) is 34.1 Å². The molecule has 0 bridgehead atoms. The highest BCUT2D eigenvalue weighted by molar-refractivity contribution is 6.35. The molecule has 0 aliphatic heterocycles. The summed E-state index contributed by atoms with van der Waals surface area (Å²) in [6.07, 6.45) is 1.40. The second-order valence-electron chi connectivity index (χ2n) is 2.54. The van der Waals surface area contributed by atoms with Crippen molar-refractivity contribution in [1.29, 1.82) is 0 Å². The third-order valence-corrected chi connectivity index (χ3v) is 1.81. The van der Waals surface area contributed by atoms with Crippen molar-refractivity contribution in [2.45, 2.75) is 0 Å². The lowest BCUT2D eigenvalue weighted by Crippen LogP contribution is -2.27. The second kappa shape index (κ2) is 5.55. The molecule has 0 heterocycles. The van der Waals surface area contributed by atoms with Crippen molar-refractivity contribution in [3.63, 3.8) is 0 Å². The number of hydroxylamine groups is 1. The first-order valence-corrected chi connectivity index (χ1v) is 4.60. The van der Waals surface area contributed by atoms with Gasteiger partial charge in [0.2, 0.25) is 5.96 Å². The van der Waals surface area contributed by atoms with Gasteiger partial charge < -0.3 is 5.73 Å². The zero-order valence-corrected chi connectivity index (χ0v) is 9.00. The first-order valence-electron chi connectivity index (χ1n) is 3.84. The Morgan fingerprint density at radius 1 is 1.33 bits per heavy atom. The molecule has 5 nitrogen and oxygen atoms in total. The zero-order chi connectivity index (χ0) is 11.3. The maximum atomic E-state index is 8.30. The molecule has 80 valence electrons. The van der Waals surface area contributed by atoms with Gasteiger partial charge in [-0.25, -0.2) is 5.48 Å². The van der Waals surface area contributed by atoms with Gasteiger partial charge in [-0.1, -0.05) is 23.2 Å². The van der Waals surface area contributed by atoms with Crippen molar-refractivity contribution in [3.8, 4) is 0 Å². The quantitative estimate of drug-likeness (QED) is 0.422. The largest absolute Gasteiger partial charge is 0.367 e. The van der Waals surface area contributed by atoms with E-state index in [2.05, 4.69) is 10.2 Å². The van der Waals surface area contributed by atoms with E-state index in [0.29, 0.717) is 15.6 Å². The lowest BCUT2D eigenvalue weighted by Gasteiger charge is -1.95. The molecule has 0 saturated carbocycles. The van der Waals surface area contributed by atoms with Crippen molar-refractivity contribution in [2.24, 2.45) is 15.9 Å². The number of hydrogen-bond donors (Lipinski definition) is 3. The van der Waals surface area contributed by atoms with Crippen LogP contribution in [0.2, 0.25) is 10.0 Å². The predicted molar refractivity (Wildman–Crippen MR) is 60.6 cm³/mol. The number of guanidine groups is 1. The van der Waals surface area contributed by atoms with Crippen molar-refractivity contribution >= 4 is 35.4 Å². The van der Waals surface area contributed by atoms with E-state index in [1.54, 1.807) is 23.7 Å². The van der Waals surface area contributed by atoms with E-state index in [1.807, 2.05) is 0 Å². The lowest BCUT2D eigenvalue weighted by atomic mass is 10.2. The molecular formula is C8H8Cl2N4O. The van der Waals surface area contributed by atoms with Crippen molar-refractivity contribution in [3.05, 3.63) is 33.8 Å². The van der Waals surface area contributed by atoms with Crippen LogP contribution in [0, 0.1) is 0 Å². The monoisotopic (exact) mass is 246 g/mol. The Balaban J connectivity index is 2.81. The van der Waals surface area contributed by atoms with Gasteiger partial charge in [-0.2, -0.15) is 5.10 Å². The molecule has 1 aromatic carbocycles. The van der Waals surface area contributed by atoms with Crippen LogP contribution in [0.15, 0.2) is 28.4 Å². The third kappa shape index (κ3) is 4.16. The van der Waals surface area contributed by atoms with E-state index in [9.17, 15) is 0 Å². The molecule has 0 radical (unpaired) electrons. The van der Waals surface area contributed by atoms with Crippen LogP contribution in [0.1, 0.15) is 5.56 Å². The van der Waals surface area contributed by atoms with Crippen molar-refractivity contribution < 1.29 is 5.21 Å². The van der Waals surface area contributed by atoms with Crippen LogP contribution in [0.4, 0.5) is 0 Å². The Bertz CT molecular complexity index is 385. The van der Waals surface area contributed by atoms with Gasteiger partial charge in [-0.3, -0.25) is 5.21 Å². The Labute approximate surface area is 96.2 Å². The number of rotatable bonds is 2. The molecule has 0 unspecified atom stereocenters. The van der Waals surface area contributed by atoms with Gasteiger partial charge in [0.05, 0.1) is 6.21 Å². The first-order chi connectivity index (χ1) is 7.11. The fraction of sp³-hybridized carbons (Fsp3) is 0. The number of benzene rings is 1. The third-order valence-electron chi connectivity index (χ3n) is 1.37. The summed E-state index contributed by atoms with van der Waals surface area (Å²) in [7, 11) is 0. The minimum absolute atomic E-state index is 0.209. The van der Waals surface area contributed by atoms with Crippen LogP contribution < -0.4 is 11.2 Å². The molecule has 15 heavy (non-hydrogen) atoms. The van der Waals surface area contributed by atoms with Gasteiger partial charge in [0.15, 0.2) is 0 Å². The lowest BCUT2D eigenvalue weighted by molar-refractivity contribution is 0.232. The van der Waals surface area contributed by atoms with Gasteiger partial charge in [0.25, 0.3) is 0 Å². The minimum atomic E-state index is -0.209. The zero-order valence-electron chi connectivity index (χ0n) is 7.48. The first kappa shape index (κ1) is 11.8. The van der Waals surface area contributed by atoms with Crippen molar-refractivity contribution in [2.75, 3.05) is 0 Å². The van der Waals surface area contributed by atoms with Gasteiger partial charge in [-0.15, -0.1) is 5.10 Å². The van der Waals surface area contributed by atoms with Crippen LogP contribution in [-0.2, 0) is 0 Å². The summed E-state index contributed by atoms with van der Waals surface area (Å²) in [6, 6.07) is 4.93. The standard InChI is InChI=1S/C8H8Cl2N4O/c9-6-1-5(2-7(10)3-6)4-12-13-8(11)14-15/h1-4,15H,(H3,11,13,14). The Morgan fingerprint density at radius 2 is 1.93 bits per heavy atom. The number of hydrogen-bond acceptors (Lipinski definition) is 3. The summed E-state index contributed by atoms with van der Waals surface area (Å²) >= 11 is 11.5. The highest BCUT2D eigenvalue weighted by Crippen LogP contribution is 2.17. The molecule has 0 fully saturated rings. The molecular weight excluding hydrogens is 239 g/mol. The van der Waals surface area contributed by atoms with Gasteiger partial charge in [-0.05, 0) is 23.8 Å². The number of nitrogens with two attached hydrogens (primary N) is 1. The molecule has 0 aromatic heterocycles. The molecule has 1 rings (SSSR count). The van der Waals surface area contributed by atoms with Gasteiger partial charge in [0, 0.05) is 10.0 Å². The number of nitrogens with zero attached hydrogens (tertiary/aromatic N) is 2. The maximum absolute atomic E-state index is 8.30. The normalized spacial score (nSPS) is 12.1. The summed E-state index contributed by atoms with van der Waals surface area (Å²) in [5, 5.41) is 16.3. The Hall–Kier alpha value is -1.30. The van der Waals surface area contributed by atoms with E-state index in [1.165, 1.54) is 6.21 Å². The van der Waals surface area contributed by atoms with Crippen LogP contribution in [0.25, 0.3) is 0 Å². The van der Waals surface area contributed by atoms with E-state index >= 15 is 0 Å². The molecule has 0 aliphatic carbocycles. The van der Waals surface area contributed by atoms with E-state index in [-0.39, 0.29) is 5.96 Å². The highest BCUT2D eigenvalue weighted by atomic mass is 35.5. The van der Waals surface area contributed by atoms with Crippen molar-refractivity contribution in [1.82, 2.24) is 5.48 Å². The molecule has 0 saturated heterocycles. The van der Waals surface area contributed by atoms with Gasteiger partial charge >= 0.3 is 0 Å². The van der Waals surface area contributed by atoms with E-state index in [0.717, 1.165) is 0 Å². The molecule has 7 heteroatoms. The van der Waals surface area contributed by atoms with Gasteiger partial charge in [0.1, 0.15) is 0 Å².